The molecule has 16 heavy (non-hydrogen) atoms. The lowest BCUT2D eigenvalue weighted by Crippen LogP contribution is -2.32. The molecule has 1 aromatic rings. The fraction of sp³-hybridized carbons (Fsp3) is 0.462. The first kappa shape index (κ1) is 14.6. The average molecular weight is 223 g/mol. The van der Waals surface area contributed by atoms with Gasteiger partial charge in [0, 0.05) is 0 Å². The van der Waals surface area contributed by atoms with Crippen LogP contribution in [0.4, 0.5) is 0 Å². The van der Waals surface area contributed by atoms with E-state index in [4.69, 9.17) is 10.8 Å². The highest BCUT2D eigenvalue weighted by Crippen LogP contribution is 2.01. The number of carbonyl (C=O) groups is 1. The van der Waals surface area contributed by atoms with Gasteiger partial charge in [0.1, 0.15) is 6.04 Å². The molecule has 1 atom stereocenters. The van der Waals surface area contributed by atoms with E-state index in [1.54, 1.807) is 0 Å². The molecule has 0 aliphatic rings. The minimum absolute atomic E-state index is 0.385. The van der Waals surface area contributed by atoms with Crippen LogP contribution in [0.2, 0.25) is 0 Å². The molecule has 0 heterocycles. The number of rotatable bonds is 3. The SMILES string of the molecule is CC(C)C.N[C@@H](Cc1ccccc1)C(=O)O. The Balaban J connectivity index is 0.000000487. The van der Waals surface area contributed by atoms with E-state index in [2.05, 4.69) is 20.8 Å². The topological polar surface area (TPSA) is 63.3 Å². The second-order valence-corrected chi connectivity index (χ2v) is 4.37. The van der Waals surface area contributed by atoms with Gasteiger partial charge < -0.3 is 10.8 Å². The zero-order chi connectivity index (χ0) is 12.6. The molecule has 0 aliphatic heterocycles. The maximum absolute atomic E-state index is 10.4. The molecule has 0 aliphatic carbocycles. The molecule has 0 unspecified atom stereocenters. The number of carboxylic acids is 1. The second-order valence-electron chi connectivity index (χ2n) is 4.37. The molecular weight excluding hydrogens is 202 g/mol. The fourth-order valence-electron chi connectivity index (χ4n) is 0.955. The van der Waals surface area contributed by atoms with Crippen molar-refractivity contribution in [1.82, 2.24) is 0 Å². The van der Waals surface area contributed by atoms with Gasteiger partial charge >= 0.3 is 5.97 Å². The summed E-state index contributed by atoms with van der Waals surface area (Å²) < 4.78 is 0. The summed E-state index contributed by atoms with van der Waals surface area (Å²) in [4.78, 5) is 10.4. The number of hydrogen-bond donors (Lipinski definition) is 2. The summed E-state index contributed by atoms with van der Waals surface area (Å²) in [6, 6.07) is 8.54. The van der Waals surface area contributed by atoms with E-state index in [1.807, 2.05) is 30.3 Å². The van der Waals surface area contributed by atoms with Crippen LogP contribution in [0.5, 0.6) is 0 Å². The molecule has 0 radical (unpaired) electrons. The Morgan fingerprint density at radius 3 is 2.06 bits per heavy atom. The molecule has 3 N–H and O–H groups in total. The lowest BCUT2D eigenvalue weighted by molar-refractivity contribution is -0.138. The minimum atomic E-state index is -0.959. The van der Waals surface area contributed by atoms with Crippen LogP contribution in [0, 0.1) is 5.92 Å². The monoisotopic (exact) mass is 223 g/mol. The van der Waals surface area contributed by atoms with Crippen LogP contribution in [0.3, 0.4) is 0 Å². The van der Waals surface area contributed by atoms with Gasteiger partial charge in [0.2, 0.25) is 0 Å². The van der Waals surface area contributed by atoms with E-state index in [0.717, 1.165) is 11.5 Å². The molecule has 0 saturated heterocycles. The van der Waals surface area contributed by atoms with Gasteiger partial charge in [-0.1, -0.05) is 51.1 Å². The smallest absolute Gasteiger partial charge is 0.320 e. The summed E-state index contributed by atoms with van der Waals surface area (Å²) in [5.41, 5.74) is 6.30. The van der Waals surface area contributed by atoms with Crippen molar-refractivity contribution in [3.63, 3.8) is 0 Å². The first-order chi connectivity index (χ1) is 7.43. The maximum Gasteiger partial charge on any atom is 0.320 e. The van der Waals surface area contributed by atoms with E-state index in [9.17, 15) is 4.79 Å². The third kappa shape index (κ3) is 8.00. The molecule has 0 saturated carbocycles. The Hall–Kier alpha value is -1.35. The predicted octanol–water partition coefficient (Wildman–Crippen LogP) is 2.30. The van der Waals surface area contributed by atoms with Crippen LogP contribution in [0.25, 0.3) is 0 Å². The van der Waals surface area contributed by atoms with Crippen molar-refractivity contribution in [2.45, 2.75) is 33.2 Å². The van der Waals surface area contributed by atoms with Crippen molar-refractivity contribution in [3.8, 4) is 0 Å². The third-order valence-corrected chi connectivity index (χ3v) is 1.62. The minimum Gasteiger partial charge on any atom is -0.480 e. The van der Waals surface area contributed by atoms with Crippen molar-refractivity contribution in [1.29, 1.82) is 0 Å². The lowest BCUT2D eigenvalue weighted by Gasteiger charge is -2.04. The standard InChI is InChI=1S/C9H11NO2.C4H10/c10-8(9(11)12)6-7-4-2-1-3-5-7;1-4(2)3/h1-5,8H,6,10H2,(H,11,12);4H,1-3H3/t8-;/m0./s1. The first-order valence-corrected chi connectivity index (χ1v) is 5.45. The van der Waals surface area contributed by atoms with Crippen LogP contribution in [-0.4, -0.2) is 17.1 Å². The van der Waals surface area contributed by atoms with Gasteiger partial charge in [0.05, 0.1) is 0 Å². The van der Waals surface area contributed by atoms with Gasteiger partial charge in [-0.15, -0.1) is 0 Å². The first-order valence-electron chi connectivity index (χ1n) is 5.45. The van der Waals surface area contributed by atoms with E-state index in [0.29, 0.717) is 6.42 Å². The van der Waals surface area contributed by atoms with Gasteiger partial charge in [0.25, 0.3) is 0 Å². The van der Waals surface area contributed by atoms with E-state index < -0.39 is 12.0 Å². The molecule has 0 amide bonds. The summed E-state index contributed by atoms with van der Waals surface area (Å²) >= 11 is 0. The van der Waals surface area contributed by atoms with Gasteiger partial charge in [-0.25, -0.2) is 0 Å². The molecule has 90 valence electrons. The second kappa shape index (κ2) is 7.88. The highest BCUT2D eigenvalue weighted by Gasteiger charge is 2.10. The Morgan fingerprint density at radius 1 is 1.25 bits per heavy atom. The van der Waals surface area contributed by atoms with Gasteiger partial charge in [-0.3, -0.25) is 4.79 Å². The zero-order valence-electron chi connectivity index (χ0n) is 10.2. The fourth-order valence-corrected chi connectivity index (χ4v) is 0.955. The number of hydrogen-bond acceptors (Lipinski definition) is 2. The molecule has 1 rings (SSSR count). The average Bonchev–Trinajstić information content (AvgIpc) is 2.18. The van der Waals surface area contributed by atoms with Crippen LogP contribution in [0.1, 0.15) is 26.3 Å². The van der Waals surface area contributed by atoms with Crippen molar-refractivity contribution >= 4 is 5.97 Å². The Morgan fingerprint density at radius 2 is 1.69 bits per heavy atom. The van der Waals surface area contributed by atoms with Crippen LogP contribution < -0.4 is 5.73 Å². The van der Waals surface area contributed by atoms with Gasteiger partial charge in [-0.05, 0) is 17.9 Å². The van der Waals surface area contributed by atoms with Gasteiger partial charge in [0.15, 0.2) is 0 Å². The maximum atomic E-state index is 10.4. The summed E-state index contributed by atoms with van der Waals surface area (Å²) in [5, 5.41) is 8.52. The van der Waals surface area contributed by atoms with E-state index in [-0.39, 0.29) is 0 Å². The number of nitrogens with two attached hydrogens (primary N) is 1. The molecule has 0 aromatic heterocycles. The lowest BCUT2D eigenvalue weighted by atomic mass is 10.1. The predicted molar refractivity (Wildman–Crippen MR) is 66.3 cm³/mol. The van der Waals surface area contributed by atoms with Crippen LogP contribution in [-0.2, 0) is 11.2 Å². The molecule has 1 aromatic carbocycles. The van der Waals surface area contributed by atoms with Crippen molar-refractivity contribution < 1.29 is 9.90 Å². The van der Waals surface area contributed by atoms with Crippen LogP contribution in [0.15, 0.2) is 30.3 Å². The third-order valence-electron chi connectivity index (χ3n) is 1.62. The summed E-state index contributed by atoms with van der Waals surface area (Å²) in [7, 11) is 0. The number of aliphatic carboxylic acids is 1. The largest absolute Gasteiger partial charge is 0.480 e. The van der Waals surface area contributed by atoms with E-state index in [1.165, 1.54) is 0 Å². The quantitative estimate of drug-likeness (QED) is 0.826. The molecule has 0 bridgehead atoms. The van der Waals surface area contributed by atoms with Crippen LogP contribution >= 0.6 is 0 Å². The molecule has 3 heteroatoms. The molecule has 3 nitrogen and oxygen atoms in total. The van der Waals surface area contributed by atoms with Crippen molar-refractivity contribution in [2.75, 3.05) is 0 Å². The summed E-state index contributed by atoms with van der Waals surface area (Å²) in [6.07, 6.45) is 0.385. The zero-order valence-corrected chi connectivity index (χ0v) is 10.2. The van der Waals surface area contributed by atoms with Crippen molar-refractivity contribution in [2.24, 2.45) is 11.7 Å². The Bertz CT molecular complexity index is 293. The van der Waals surface area contributed by atoms with Crippen molar-refractivity contribution in [3.05, 3.63) is 35.9 Å². The Labute approximate surface area is 97.3 Å². The Kier molecular flexibility index (Phi) is 7.21. The van der Waals surface area contributed by atoms with Gasteiger partial charge in [-0.2, -0.15) is 0 Å². The summed E-state index contributed by atoms with van der Waals surface area (Å²) in [6.45, 7) is 6.50. The highest BCUT2D eigenvalue weighted by molar-refractivity contribution is 5.73. The number of carboxylic acid groups (broad SMARTS) is 1. The number of benzene rings is 1. The highest BCUT2D eigenvalue weighted by atomic mass is 16.4. The molecular formula is C13H21NO2. The summed E-state index contributed by atoms with van der Waals surface area (Å²) in [5.74, 6) is -0.126. The molecule has 0 fully saturated rings. The van der Waals surface area contributed by atoms with E-state index >= 15 is 0 Å². The molecule has 0 spiro atoms. The normalized spacial score (nSPS) is 11.6.